The average molecular weight is 540 g/mol. The van der Waals surface area contributed by atoms with Gasteiger partial charge in [0.25, 0.3) is 6.47 Å². The van der Waals surface area contributed by atoms with Crippen molar-refractivity contribution in [3.63, 3.8) is 0 Å². The Hall–Kier alpha value is -3.74. The summed E-state index contributed by atoms with van der Waals surface area (Å²) in [6, 6.07) is 7.61. The SMILES string of the molecule is CCc1c(C#N)c(SC(C(N)=O)c2ccc(F)cn2)nc(N2CCC(N3CCCC3)CC2)c1C#N.O=CO. The van der Waals surface area contributed by atoms with Gasteiger partial charge in [-0.15, -0.1) is 0 Å². The molecule has 4 rings (SSSR count). The van der Waals surface area contributed by atoms with Gasteiger partial charge in [-0.3, -0.25) is 14.6 Å². The molecule has 0 aliphatic carbocycles. The van der Waals surface area contributed by atoms with Crippen LogP contribution in [0.5, 0.6) is 0 Å². The van der Waals surface area contributed by atoms with Crippen molar-refractivity contribution in [1.29, 1.82) is 10.5 Å². The van der Waals surface area contributed by atoms with Crippen molar-refractivity contribution in [2.45, 2.75) is 55.3 Å². The highest BCUT2D eigenvalue weighted by Crippen LogP contribution is 2.39. The van der Waals surface area contributed by atoms with E-state index < -0.39 is 17.0 Å². The summed E-state index contributed by atoms with van der Waals surface area (Å²) in [7, 11) is 0. The Balaban J connectivity index is 0.00000127. The Bertz CT molecular complexity index is 1220. The highest BCUT2D eigenvalue weighted by molar-refractivity contribution is 8.00. The van der Waals surface area contributed by atoms with Crippen LogP contribution in [0.2, 0.25) is 0 Å². The van der Waals surface area contributed by atoms with Crippen LogP contribution in [-0.2, 0) is 16.0 Å². The molecule has 0 spiro atoms. The van der Waals surface area contributed by atoms with Crippen molar-refractivity contribution in [3.8, 4) is 12.1 Å². The maximum absolute atomic E-state index is 13.4. The molecule has 0 bridgehead atoms. The van der Waals surface area contributed by atoms with Crippen LogP contribution in [0.15, 0.2) is 23.4 Å². The van der Waals surface area contributed by atoms with Gasteiger partial charge >= 0.3 is 0 Å². The van der Waals surface area contributed by atoms with Gasteiger partial charge in [-0.1, -0.05) is 18.7 Å². The third-order valence-corrected chi connectivity index (χ3v) is 7.98. The molecule has 0 radical (unpaired) electrons. The third-order valence-electron chi connectivity index (χ3n) is 6.75. The van der Waals surface area contributed by atoms with Crippen LogP contribution in [0.25, 0.3) is 0 Å². The summed E-state index contributed by atoms with van der Waals surface area (Å²) >= 11 is 1.02. The maximum Gasteiger partial charge on any atom is 0.290 e. The van der Waals surface area contributed by atoms with E-state index in [4.69, 9.17) is 20.6 Å². The number of piperidine rings is 1. The third kappa shape index (κ3) is 6.57. The van der Waals surface area contributed by atoms with E-state index in [1.54, 1.807) is 0 Å². The van der Waals surface area contributed by atoms with E-state index >= 15 is 0 Å². The van der Waals surface area contributed by atoms with Crippen LogP contribution in [0.3, 0.4) is 0 Å². The van der Waals surface area contributed by atoms with Crippen LogP contribution < -0.4 is 10.6 Å². The fraction of sp³-hybridized carbons (Fsp3) is 0.462. The first kappa shape index (κ1) is 28.8. The Labute approximate surface area is 225 Å². The van der Waals surface area contributed by atoms with Crippen molar-refractivity contribution < 1.29 is 19.1 Å². The number of carbonyl (C=O) groups is 2. The van der Waals surface area contributed by atoms with E-state index in [0.29, 0.717) is 34.4 Å². The van der Waals surface area contributed by atoms with Gasteiger partial charge in [0, 0.05) is 19.1 Å². The zero-order valence-electron chi connectivity index (χ0n) is 21.1. The number of nitrogens with two attached hydrogens (primary N) is 1. The van der Waals surface area contributed by atoms with Gasteiger partial charge in [0.05, 0.1) is 23.0 Å². The summed E-state index contributed by atoms with van der Waals surface area (Å²) in [4.78, 5) is 34.1. The fourth-order valence-electron chi connectivity index (χ4n) is 4.97. The number of rotatable bonds is 7. The maximum atomic E-state index is 13.4. The lowest BCUT2D eigenvalue weighted by atomic mass is 9.99. The van der Waals surface area contributed by atoms with E-state index in [2.05, 4.69) is 26.9 Å². The van der Waals surface area contributed by atoms with Gasteiger partial charge in [-0.2, -0.15) is 10.5 Å². The van der Waals surface area contributed by atoms with Gasteiger partial charge in [0.1, 0.15) is 34.0 Å². The number of nitrogens with zero attached hydrogens (tertiary/aromatic N) is 6. The highest BCUT2D eigenvalue weighted by atomic mass is 32.2. The molecule has 0 saturated carbocycles. The second-order valence-electron chi connectivity index (χ2n) is 8.91. The predicted octanol–water partition coefficient (Wildman–Crippen LogP) is 3.01. The van der Waals surface area contributed by atoms with Crippen LogP contribution in [0.4, 0.5) is 10.2 Å². The molecule has 3 N–H and O–H groups in total. The van der Waals surface area contributed by atoms with Crippen LogP contribution in [-0.4, -0.2) is 64.6 Å². The van der Waals surface area contributed by atoms with Crippen molar-refractivity contribution in [2.75, 3.05) is 31.1 Å². The molecule has 2 fully saturated rings. The number of aromatic nitrogens is 2. The van der Waals surface area contributed by atoms with Crippen molar-refractivity contribution in [2.24, 2.45) is 5.73 Å². The van der Waals surface area contributed by atoms with Gasteiger partial charge < -0.3 is 20.6 Å². The van der Waals surface area contributed by atoms with Gasteiger partial charge in [0.15, 0.2) is 0 Å². The lowest BCUT2D eigenvalue weighted by Crippen LogP contribution is -2.44. The highest BCUT2D eigenvalue weighted by Gasteiger charge is 2.31. The predicted molar refractivity (Wildman–Crippen MR) is 140 cm³/mol. The second-order valence-corrected chi connectivity index (χ2v) is 10.0. The summed E-state index contributed by atoms with van der Waals surface area (Å²) in [5.74, 6) is -0.653. The largest absolute Gasteiger partial charge is 0.483 e. The quantitative estimate of drug-likeness (QED) is 0.395. The zero-order chi connectivity index (χ0) is 27.7. The molecule has 38 heavy (non-hydrogen) atoms. The number of hydrogen-bond donors (Lipinski definition) is 2. The fourth-order valence-corrected chi connectivity index (χ4v) is 5.99. The number of carboxylic acid groups (broad SMARTS) is 1. The minimum Gasteiger partial charge on any atom is -0.483 e. The summed E-state index contributed by atoms with van der Waals surface area (Å²) in [5.41, 5.74) is 7.22. The molecule has 1 unspecified atom stereocenters. The summed E-state index contributed by atoms with van der Waals surface area (Å²) < 4.78 is 13.4. The van der Waals surface area contributed by atoms with Gasteiger partial charge in [0.2, 0.25) is 5.91 Å². The number of thioether (sulfide) groups is 1. The molecule has 200 valence electrons. The minimum atomic E-state index is -0.957. The molecule has 2 aliphatic heterocycles. The molecular formula is C26H30FN7O3S. The summed E-state index contributed by atoms with van der Waals surface area (Å²) in [6.07, 6.45) is 5.96. The molecule has 1 atom stereocenters. The first-order chi connectivity index (χ1) is 18.4. The Kier molecular flexibility index (Phi) is 10.4. The molecule has 2 aromatic heterocycles. The molecule has 2 aliphatic rings. The lowest BCUT2D eigenvalue weighted by molar-refractivity contribution is -0.123. The van der Waals surface area contributed by atoms with E-state index in [0.717, 1.165) is 57.0 Å². The molecule has 4 heterocycles. The van der Waals surface area contributed by atoms with Crippen LogP contribution in [0.1, 0.15) is 60.2 Å². The number of carbonyl (C=O) groups excluding carboxylic acids is 1. The van der Waals surface area contributed by atoms with E-state index in [1.165, 1.54) is 25.0 Å². The van der Waals surface area contributed by atoms with Gasteiger partial charge in [-0.25, -0.2) is 9.37 Å². The molecule has 0 aromatic carbocycles. The van der Waals surface area contributed by atoms with Gasteiger partial charge in [-0.05, 0) is 62.9 Å². The minimum absolute atomic E-state index is 0.250. The zero-order valence-corrected chi connectivity index (χ0v) is 22.0. The van der Waals surface area contributed by atoms with E-state index in [-0.39, 0.29) is 17.7 Å². The second kappa shape index (κ2) is 13.7. The van der Waals surface area contributed by atoms with Crippen LogP contribution in [0, 0.1) is 28.5 Å². The average Bonchev–Trinajstić information content (AvgIpc) is 3.47. The molecule has 2 saturated heterocycles. The van der Waals surface area contributed by atoms with Crippen LogP contribution >= 0.6 is 11.8 Å². The lowest BCUT2D eigenvalue weighted by Gasteiger charge is -2.37. The number of halogens is 1. The first-order valence-electron chi connectivity index (χ1n) is 12.4. The first-order valence-corrected chi connectivity index (χ1v) is 13.3. The summed E-state index contributed by atoms with van der Waals surface area (Å²) in [6.45, 7) is 5.47. The number of likely N-dealkylation sites (tertiary alicyclic amines) is 1. The number of anilines is 1. The molecule has 2 aromatic rings. The van der Waals surface area contributed by atoms with Crippen molar-refractivity contribution in [3.05, 3.63) is 46.5 Å². The van der Waals surface area contributed by atoms with E-state index in [9.17, 15) is 19.7 Å². The molecular weight excluding hydrogens is 509 g/mol. The Morgan fingerprint density at radius 1 is 1.24 bits per heavy atom. The molecule has 1 amide bonds. The number of amides is 1. The molecule has 10 nitrogen and oxygen atoms in total. The number of nitriles is 2. The van der Waals surface area contributed by atoms with E-state index in [1.807, 2.05) is 6.92 Å². The Morgan fingerprint density at radius 3 is 2.37 bits per heavy atom. The normalized spacial score (nSPS) is 16.6. The Morgan fingerprint density at radius 2 is 1.87 bits per heavy atom. The summed E-state index contributed by atoms with van der Waals surface area (Å²) in [5, 5.41) is 26.2. The smallest absolute Gasteiger partial charge is 0.290 e. The number of hydrogen-bond acceptors (Lipinski definition) is 9. The standard InChI is InChI=1S/C25H28FN7OS.CH2O2/c1-2-18-19(13-27)24(33-11-7-17(8-12-33)32-9-3-4-10-32)31-25(20(18)14-28)35-22(23(29)34)21-6-5-16(26)15-30-21;2-1-3/h5-6,15,17,22H,2-4,7-12H2,1H3,(H2,29,34);1H,(H,2,3). The monoisotopic (exact) mass is 539 g/mol. The molecule has 12 heteroatoms. The topological polar surface area (TPSA) is 160 Å². The number of pyridine rings is 2. The van der Waals surface area contributed by atoms with Crippen molar-refractivity contribution >= 4 is 30.0 Å². The van der Waals surface area contributed by atoms with Crippen molar-refractivity contribution in [1.82, 2.24) is 14.9 Å². The number of primary amides is 1.